The largest absolute Gasteiger partial charge is 0.491 e. The maximum atomic E-state index is 13.9. The summed E-state index contributed by atoms with van der Waals surface area (Å²) in [6.45, 7) is 2.19. The van der Waals surface area contributed by atoms with Crippen molar-refractivity contribution in [1.29, 1.82) is 0 Å². The lowest BCUT2D eigenvalue weighted by atomic mass is 10.2. The van der Waals surface area contributed by atoms with E-state index in [9.17, 15) is 9.50 Å². The minimum Gasteiger partial charge on any atom is -0.491 e. The maximum absolute atomic E-state index is 13.9. The number of rotatable bonds is 7. The number of ether oxygens (including phenoxy) is 1. The first-order valence-electron chi connectivity index (χ1n) is 8.19. The van der Waals surface area contributed by atoms with Gasteiger partial charge in [-0.25, -0.2) is 4.39 Å². The van der Waals surface area contributed by atoms with Crippen molar-refractivity contribution in [2.45, 2.75) is 18.2 Å². The first-order chi connectivity index (χ1) is 12.5. The summed E-state index contributed by atoms with van der Waals surface area (Å²) in [5.41, 5.74) is 1.55. The SMILES string of the molecule is Cc1ccc(OC[C@@H](O)CSc2nnc(-c3ccccc3F)n2C)cc1. The Morgan fingerprint density at radius 2 is 1.88 bits per heavy atom. The first kappa shape index (κ1) is 18.4. The molecule has 3 rings (SSSR count). The van der Waals surface area contributed by atoms with Gasteiger partial charge in [0, 0.05) is 12.8 Å². The van der Waals surface area contributed by atoms with Crippen LogP contribution in [0.4, 0.5) is 4.39 Å². The Morgan fingerprint density at radius 3 is 2.62 bits per heavy atom. The Morgan fingerprint density at radius 1 is 1.15 bits per heavy atom. The first-order valence-corrected chi connectivity index (χ1v) is 9.18. The number of aliphatic hydroxyl groups excluding tert-OH is 1. The second-order valence-corrected chi connectivity index (χ2v) is 6.92. The molecule has 0 unspecified atom stereocenters. The molecule has 2 aromatic carbocycles. The van der Waals surface area contributed by atoms with Crippen LogP contribution in [0, 0.1) is 12.7 Å². The van der Waals surface area contributed by atoms with Crippen LogP contribution in [-0.2, 0) is 7.05 Å². The molecule has 136 valence electrons. The minimum absolute atomic E-state index is 0.189. The molecule has 0 spiro atoms. The molecule has 1 atom stereocenters. The van der Waals surface area contributed by atoms with Crippen LogP contribution in [0.25, 0.3) is 11.4 Å². The van der Waals surface area contributed by atoms with Crippen molar-refractivity contribution in [3.05, 3.63) is 59.9 Å². The summed E-state index contributed by atoms with van der Waals surface area (Å²) < 4.78 is 21.2. The summed E-state index contributed by atoms with van der Waals surface area (Å²) in [6.07, 6.45) is -0.657. The van der Waals surface area contributed by atoms with Crippen molar-refractivity contribution >= 4 is 11.8 Å². The van der Waals surface area contributed by atoms with Gasteiger partial charge in [0.25, 0.3) is 0 Å². The van der Waals surface area contributed by atoms with Crippen LogP contribution in [0.5, 0.6) is 5.75 Å². The maximum Gasteiger partial charge on any atom is 0.191 e. The molecule has 3 aromatic rings. The Balaban J connectivity index is 1.56. The summed E-state index contributed by atoms with van der Waals surface area (Å²) in [5, 5.41) is 18.9. The van der Waals surface area contributed by atoms with E-state index in [1.165, 1.54) is 17.8 Å². The van der Waals surface area contributed by atoms with Crippen LogP contribution < -0.4 is 4.74 Å². The number of nitrogens with zero attached hydrogens (tertiary/aromatic N) is 3. The van der Waals surface area contributed by atoms with Crippen LogP contribution in [0.15, 0.2) is 53.7 Å². The number of aliphatic hydroxyl groups is 1. The van der Waals surface area contributed by atoms with Crippen LogP contribution in [0.3, 0.4) is 0 Å². The lowest BCUT2D eigenvalue weighted by Gasteiger charge is -2.12. The van der Waals surface area contributed by atoms with Gasteiger partial charge < -0.3 is 14.4 Å². The van der Waals surface area contributed by atoms with E-state index in [4.69, 9.17) is 4.74 Å². The van der Waals surface area contributed by atoms with Gasteiger partial charge in [-0.15, -0.1) is 10.2 Å². The van der Waals surface area contributed by atoms with Gasteiger partial charge in [-0.2, -0.15) is 0 Å². The predicted octanol–water partition coefficient (Wildman–Crippen LogP) is 3.46. The third kappa shape index (κ3) is 4.42. The predicted molar refractivity (Wildman–Crippen MR) is 99.8 cm³/mol. The second kappa shape index (κ2) is 8.33. The average Bonchev–Trinajstić information content (AvgIpc) is 3.00. The summed E-state index contributed by atoms with van der Waals surface area (Å²) in [6, 6.07) is 14.1. The standard InChI is InChI=1S/C19H20FN3O2S/c1-13-7-9-15(10-8-13)25-11-14(24)12-26-19-22-21-18(23(19)2)16-5-3-4-6-17(16)20/h3-10,14,24H,11-12H2,1-2H3/t14-/m1/s1. The second-order valence-electron chi connectivity index (χ2n) is 5.93. The Hall–Kier alpha value is -2.38. The zero-order valence-corrected chi connectivity index (χ0v) is 15.4. The lowest BCUT2D eigenvalue weighted by Crippen LogP contribution is -2.20. The van der Waals surface area contributed by atoms with Crippen molar-refractivity contribution in [2.24, 2.45) is 7.05 Å². The van der Waals surface area contributed by atoms with Crippen LogP contribution >= 0.6 is 11.8 Å². The molecular formula is C19H20FN3O2S. The molecule has 1 N–H and O–H groups in total. The fraction of sp³-hybridized carbons (Fsp3) is 0.263. The van der Waals surface area contributed by atoms with Gasteiger partial charge in [-0.3, -0.25) is 0 Å². The summed E-state index contributed by atoms with van der Waals surface area (Å²) in [5.74, 6) is 1.23. The molecule has 0 aliphatic carbocycles. The van der Waals surface area contributed by atoms with E-state index >= 15 is 0 Å². The highest BCUT2D eigenvalue weighted by molar-refractivity contribution is 7.99. The molecule has 0 radical (unpaired) electrons. The van der Waals surface area contributed by atoms with E-state index in [0.29, 0.717) is 22.3 Å². The van der Waals surface area contributed by atoms with Gasteiger partial charge in [-0.05, 0) is 31.2 Å². The highest BCUT2D eigenvalue weighted by atomic mass is 32.2. The fourth-order valence-electron chi connectivity index (χ4n) is 2.36. The van der Waals surface area contributed by atoms with E-state index < -0.39 is 6.10 Å². The molecule has 0 saturated carbocycles. The topological polar surface area (TPSA) is 60.2 Å². The summed E-state index contributed by atoms with van der Waals surface area (Å²) >= 11 is 1.35. The van der Waals surface area contributed by atoms with Gasteiger partial charge in [-0.1, -0.05) is 41.6 Å². The van der Waals surface area contributed by atoms with Crippen molar-refractivity contribution in [2.75, 3.05) is 12.4 Å². The lowest BCUT2D eigenvalue weighted by molar-refractivity contribution is 0.126. The van der Waals surface area contributed by atoms with Crippen molar-refractivity contribution in [1.82, 2.24) is 14.8 Å². The van der Waals surface area contributed by atoms with Gasteiger partial charge >= 0.3 is 0 Å². The number of aromatic nitrogens is 3. The van der Waals surface area contributed by atoms with Crippen LogP contribution in [0.1, 0.15) is 5.56 Å². The molecule has 5 nitrogen and oxygen atoms in total. The molecule has 0 aliphatic rings. The Bertz CT molecular complexity index is 867. The Labute approximate surface area is 155 Å². The number of thioether (sulfide) groups is 1. The average molecular weight is 373 g/mol. The smallest absolute Gasteiger partial charge is 0.191 e. The van der Waals surface area contributed by atoms with E-state index in [0.717, 1.165) is 11.3 Å². The van der Waals surface area contributed by atoms with Crippen molar-refractivity contribution in [3.63, 3.8) is 0 Å². The number of hydrogen-bond donors (Lipinski definition) is 1. The van der Waals surface area contributed by atoms with Crippen LogP contribution in [0.2, 0.25) is 0 Å². The molecule has 1 heterocycles. The summed E-state index contributed by atoms with van der Waals surface area (Å²) in [4.78, 5) is 0. The fourth-order valence-corrected chi connectivity index (χ4v) is 3.18. The monoisotopic (exact) mass is 373 g/mol. The quantitative estimate of drug-likeness (QED) is 0.643. The third-order valence-corrected chi connectivity index (χ3v) is 4.98. The Kier molecular flexibility index (Phi) is 5.90. The van der Waals surface area contributed by atoms with Gasteiger partial charge in [0.15, 0.2) is 11.0 Å². The summed E-state index contributed by atoms with van der Waals surface area (Å²) in [7, 11) is 1.78. The van der Waals surface area contributed by atoms with Crippen molar-refractivity contribution in [3.8, 4) is 17.1 Å². The minimum atomic E-state index is -0.657. The molecule has 0 aliphatic heterocycles. The van der Waals surface area contributed by atoms with Crippen LogP contribution in [-0.4, -0.2) is 38.3 Å². The highest BCUT2D eigenvalue weighted by Crippen LogP contribution is 2.25. The molecule has 7 heteroatoms. The van der Waals surface area contributed by atoms with E-state index in [-0.39, 0.29) is 12.4 Å². The zero-order valence-electron chi connectivity index (χ0n) is 14.6. The van der Waals surface area contributed by atoms with E-state index in [1.807, 2.05) is 31.2 Å². The van der Waals surface area contributed by atoms with Gasteiger partial charge in [0.1, 0.15) is 18.2 Å². The van der Waals surface area contributed by atoms with Gasteiger partial charge in [0.05, 0.1) is 11.7 Å². The number of hydrogen-bond acceptors (Lipinski definition) is 5. The van der Waals surface area contributed by atoms with E-state index in [2.05, 4.69) is 10.2 Å². The number of benzene rings is 2. The highest BCUT2D eigenvalue weighted by Gasteiger charge is 2.16. The third-order valence-electron chi connectivity index (χ3n) is 3.82. The molecular weight excluding hydrogens is 353 g/mol. The molecule has 0 bridgehead atoms. The normalized spacial score (nSPS) is 12.2. The number of aryl methyl sites for hydroxylation is 1. The zero-order chi connectivity index (χ0) is 18.5. The van der Waals surface area contributed by atoms with Gasteiger partial charge in [0.2, 0.25) is 0 Å². The number of halogens is 1. The molecule has 1 aromatic heterocycles. The molecule has 26 heavy (non-hydrogen) atoms. The van der Waals surface area contributed by atoms with Crippen molar-refractivity contribution < 1.29 is 14.2 Å². The molecule has 0 saturated heterocycles. The molecule has 0 fully saturated rings. The molecule has 0 amide bonds. The van der Waals surface area contributed by atoms with E-state index in [1.54, 1.807) is 29.8 Å².